The van der Waals surface area contributed by atoms with Crippen molar-refractivity contribution in [3.05, 3.63) is 35.9 Å². The SMILES string of the molecule is CC(C)(C)OC(=O)N1[C@@H]2CC[C@H]1[C@@H](C=O)N(C(=O)OCc1ccccc1)C2. The first-order valence-corrected chi connectivity index (χ1v) is 9.24. The number of carbonyl (C=O) groups is 3. The van der Waals surface area contributed by atoms with Gasteiger partial charge in [-0.3, -0.25) is 9.80 Å². The van der Waals surface area contributed by atoms with E-state index in [1.807, 2.05) is 30.3 Å². The van der Waals surface area contributed by atoms with E-state index in [1.54, 1.807) is 25.7 Å². The van der Waals surface area contributed by atoms with Crippen LogP contribution in [0.5, 0.6) is 0 Å². The molecule has 2 aliphatic rings. The lowest BCUT2D eigenvalue weighted by atomic mass is 10.1. The monoisotopic (exact) mass is 374 g/mol. The molecule has 3 rings (SSSR count). The summed E-state index contributed by atoms with van der Waals surface area (Å²) in [5, 5.41) is 0. The molecule has 2 saturated heterocycles. The van der Waals surface area contributed by atoms with Gasteiger partial charge in [0.15, 0.2) is 0 Å². The van der Waals surface area contributed by atoms with E-state index in [4.69, 9.17) is 9.47 Å². The molecular formula is C20H26N2O5. The lowest BCUT2D eigenvalue weighted by Crippen LogP contribution is -2.63. The summed E-state index contributed by atoms with van der Waals surface area (Å²) >= 11 is 0. The molecule has 146 valence electrons. The number of carbonyl (C=O) groups excluding carboxylic acids is 3. The topological polar surface area (TPSA) is 76.2 Å². The Bertz CT molecular complexity index is 700. The van der Waals surface area contributed by atoms with Gasteiger partial charge in [0, 0.05) is 6.54 Å². The predicted molar refractivity (Wildman–Crippen MR) is 98.1 cm³/mol. The number of ether oxygens (including phenoxy) is 2. The van der Waals surface area contributed by atoms with Crippen LogP contribution in [0.1, 0.15) is 39.2 Å². The number of nitrogens with zero attached hydrogens (tertiary/aromatic N) is 2. The Kier molecular flexibility index (Phi) is 5.39. The van der Waals surface area contributed by atoms with Crippen molar-refractivity contribution in [1.82, 2.24) is 9.80 Å². The van der Waals surface area contributed by atoms with Crippen LogP contribution in [-0.2, 0) is 20.9 Å². The third-order valence-electron chi connectivity index (χ3n) is 4.89. The molecule has 2 aliphatic heterocycles. The number of benzene rings is 1. The maximum Gasteiger partial charge on any atom is 0.410 e. The van der Waals surface area contributed by atoms with Gasteiger partial charge in [0.2, 0.25) is 0 Å². The summed E-state index contributed by atoms with van der Waals surface area (Å²) in [4.78, 5) is 40.0. The average Bonchev–Trinajstić information content (AvgIpc) is 2.94. The zero-order valence-electron chi connectivity index (χ0n) is 16.0. The second-order valence-corrected chi connectivity index (χ2v) is 8.01. The molecule has 0 aromatic heterocycles. The number of fused-ring (bicyclic) bond motifs is 2. The molecule has 2 amide bonds. The molecule has 0 spiro atoms. The molecule has 2 bridgehead atoms. The van der Waals surface area contributed by atoms with Gasteiger partial charge in [-0.2, -0.15) is 0 Å². The van der Waals surface area contributed by atoms with E-state index < -0.39 is 23.8 Å². The summed E-state index contributed by atoms with van der Waals surface area (Å²) in [5.74, 6) is 0. The Morgan fingerprint density at radius 1 is 1.15 bits per heavy atom. The van der Waals surface area contributed by atoms with Crippen LogP contribution >= 0.6 is 0 Å². The fourth-order valence-electron chi connectivity index (χ4n) is 3.74. The standard InChI is InChI=1S/C20H26N2O5/c1-20(2,3)27-19(25)22-15-9-10-16(22)17(12-23)21(11-15)18(24)26-13-14-7-5-4-6-8-14/h4-8,12,15-17H,9-11,13H2,1-3H3/t15-,16+,17-/m1/s1. The van der Waals surface area contributed by atoms with Gasteiger partial charge in [-0.1, -0.05) is 30.3 Å². The molecule has 3 atom stereocenters. The minimum atomic E-state index is -0.723. The number of hydrogen-bond acceptors (Lipinski definition) is 5. The number of likely N-dealkylation sites (tertiary alicyclic amines) is 1. The maximum atomic E-state index is 12.6. The van der Waals surface area contributed by atoms with E-state index in [2.05, 4.69) is 0 Å². The Morgan fingerprint density at radius 3 is 2.48 bits per heavy atom. The van der Waals surface area contributed by atoms with Crippen LogP contribution < -0.4 is 0 Å². The fraction of sp³-hybridized carbons (Fsp3) is 0.550. The number of piperazine rings is 1. The van der Waals surface area contributed by atoms with Gasteiger partial charge < -0.3 is 14.3 Å². The summed E-state index contributed by atoms with van der Waals surface area (Å²) in [6.45, 7) is 5.84. The van der Waals surface area contributed by atoms with Gasteiger partial charge in [-0.25, -0.2) is 9.59 Å². The second kappa shape index (κ2) is 7.58. The average molecular weight is 374 g/mol. The maximum absolute atomic E-state index is 12.6. The van der Waals surface area contributed by atoms with Gasteiger partial charge in [0.25, 0.3) is 0 Å². The highest BCUT2D eigenvalue weighted by Crippen LogP contribution is 2.35. The van der Waals surface area contributed by atoms with Gasteiger partial charge in [-0.15, -0.1) is 0 Å². The molecule has 2 heterocycles. The van der Waals surface area contributed by atoms with Gasteiger partial charge in [-0.05, 0) is 39.2 Å². The first-order chi connectivity index (χ1) is 12.8. The van der Waals surface area contributed by atoms with Crippen LogP contribution in [0.2, 0.25) is 0 Å². The van der Waals surface area contributed by atoms with Crippen molar-refractivity contribution < 1.29 is 23.9 Å². The second-order valence-electron chi connectivity index (χ2n) is 8.01. The first-order valence-electron chi connectivity index (χ1n) is 9.24. The summed E-state index contributed by atoms with van der Waals surface area (Å²) in [6.07, 6.45) is 1.16. The summed E-state index contributed by atoms with van der Waals surface area (Å²) in [5.41, 5.74) is 0.266. The van der Waals surface area contributed by atoms with Crippen molar-refractivity contribution in [1.29, 1.82) is 0 Å². The van der Waals surface area contributed by atoms with Crippen molar-refractivity contribution in [2.24, 2.45) is 0 Å². The van der Waals surface area contributed by atoms with Crippen molar-refractivity contribution in [3.63, 3.8) is 0 Å². The molecule has 2 fully saturated rings. The number of aldehydes is 1. The highest BCUT2D eigenvalue weighted by atomic mass is 16.6. The van der Waals surface area contributed by atoms with Gasteiger partial charge >= 0.3 is 12.2 Å². The van der Waals surface area contributed by atoms with Crippen LogP contribution in [0.3, 0.4) is 0 Å². The normalized spacial score (nSPS) is 24.5. The summed E-state index contributed by atoms with van der Waals surface area (Å²) in [6, 6.07) is 8.11. The van der Waals surface area contributed by atoms with Crippen molar-refractivity contribution in [3.8, 4) is 0 Å². The fourth-order valence-corrected chi connectivity index (χ4v) is 3.74. The van der Waals surface area contributed by atoms with Crippen molar-refractivity contribution >= 4 is 18.5 Å². The van der Waals surface area contributed by atoms with E-state index in [9.17, 15) is 14.4 Å². The molecule has 0 aliphatic carbocycles. The van der Waals surface area contributed by atoms with Crippen molar-refractivity contribution in [2.75, 3.05) is 6.54 Å². The molecule has 0 unspecified atom stereocenters. The third kappa shape index (κ3) is 4.23. The quantitative estimate of drug-likeness (QED) is 0.760. The lowest BCUT2D eigenvalue weighted by molar-refractivity contribution is -0.116. The summed E-state index contributed by atoms with van der Waals surface area (Å²) < 4.78 is 10.9. The van der Waals surface area contributed by atoms with E-state index in [0.29, 0.717) is 6.42 Å². The molecule has 7 nitrogen and oxygen atoms in total. The van der Waals surface area contributed by atoms with E-state index in [-0.39, 0.29) is 25.2 Å². The predicted octanol–water partition coefficient (Wildman–Crippen LogP) is 2.97. The van der Waals surface area contributed by atoms with E-state index in [0.717, 1.165) is 18.3 Å². The Hall–Kier alpha value is -2.57. The molecule has 1 aromatic rings. The molecule has 1 aromatic carbocycles. The van der Waals surface area contributed by atoms with E-state index in [1.165, 1.54) is 4.90 Å². The highest BCUT2D eigenvalue weighted by molar-refractivity contribution is 5.77. The van der Waals surface area contributed by atoms with Crippen molar-refractivity contribution in [2.45, 2.75) is 63.9 Å². The van der Waals surface area contributed by atoms with Crippen LogP contribution in [0.15, 0.2) is 30.3 Å². The smallest absolute Gasteiger partial charge is 0.410 e. The molecular weight excluding hydrogens is 348 g/mol. The Balaban J connectivity index is 1.68. The highest BCUT2D eigenvalue weighted by Gasteiger charge is 2.51. The number of hydrogen-bond donors (Lipinski definition) is 0. The van der Waals surface area contributed by atoms with Gasteiger partial charge in [0.05, 0.1) is 12.1 Å². The Labute approximate surface area is 159 Å². The molecule has 0 radical (unpaired) electrons. The summed E-state index contributed by atoms with van der Waals surface area (Å²) in [7, 11) is 0. The number of amides is 2. The van der Waals surface area contributed by atoms with Gasteiger partial charge in [0.1, 0.15) is 24.5 Å². The lowest BCUT2D eigenvalue weighted by Gasteiger charge is -2.44. The number of rotatable bonds is 3. The van der Waals surface area contributed by atoms with Crippen LogP contribution in [0.4, 0.5) is 9.59 Å². The van der Waals surface area contributed by atoms with Crippen LogP contribution in [0.25, 0.3) is 0 Å². The largest absolute Gasteiger partial charge is 0.445 e. The van der Waals surface area contributed by atoms with E-state index >= 15 is 0 Å². The minimum Gasteiger partial charge on any atom is -0.445 e. The third-order valence-corrected chi connectivity index (χ3v) is 4.89. The molecule has 0 N–H and O–H groups in total. The molecule has 7 heteroatoms. The zero-order valence-corrected chi connectivity index (χ0v) is 16.0. The minimum absolute atomic E-state index is 0.146. The van der Waals surface area contributed by atoms with Crippen LogP contribution in [0, 0.1) is 0 Å². The molecule has 27 heavy (non-hydrogen) atoms. The Morgan fingerprint density at radius 2 is 1.85 bits per heavy atom. The first kappa shape index (κ1) is 19.2. The van der Waals surface area contributed by atoms with Crippen LogP contribution in [-0.4, -0.2) is 58.5 Å². The zero-order chi connectivity index (χ0) is 19.6. The molecule has 0 saturated carbocycles.